The number of carbonyl (C=O) groups excluding carboxylic acids is 6. The highest BCUT2D eigenvalue weighted by Gasteiger charge is 2.49. The average Bonchev–Trinajstić information content (AvgIpc) is 4.16. The second kappa shape index (κ2) is 20.7. The van der Waals surface area contributed by atoms with E-state index in [9.17, 15) is 63.9 Å². The summed E-state index contributed by atoms with van der Waals surface area (Å²) in [5.41, 5.74) is -0.266. The minimum atomic E-state index is -2.13. The molecule has 4 aliphatic rings. The molecule has 5 heterocycles. The van der Waals surface area contributed by atoms with Crippen LogP contribution in [0.1, 0.15) is 78.8 Å². The molecule has 3 aromatic carbocycles. The van der Waals surface area contributed by atoms with Gasteiger partial charge in [0.2, 0.25) is 18.1 Å². The number of pyridine rings is 1. The number of carboxylic acids is 1. The number of aliphatic hydroxyl groups is 4. The summed E-state index contributed by atoms with van der Waals surface area (Å²) < 4.78 is 45.0. The molecular weight excluding hydrogens is 990 g/mol. The number of carboxylic acid groups (broad SMARTS) is 1. The number of rotatable bonds is 16. The Hall–Kier alpha value is -8.03. The number of amides is 5. The number of hydrogen-bond donors (Lipinski definition) is 8. The number of ether oxygens (including phenoxy) is 4. The van der Waals surface area contributed by atoms with Crippen LogP contribution in [0.25, 0.3) is 32.8 Å². The Morgan fingerprint density at radius 3 is 2.41 bits per heavy atom. The first-order valence-electron chi connectivity index (χ1n) is 23.9. The van der Waals surface area contributed by atoms with E-state index in [2.05, 4.69) is 16.0 Å². The van der Waals surface area contributed by atoms with E-state index in [0.717, 1.165) is 40.0 Å². The highest BCUT2D eigenvalue weighted by molar-refractivity contribution is 6.13. The number of anilines is 1. The van der Waals surface area contributed by atoms with Gasteiger partial charge in [-0.3, -0.25) is 28.9 Å². The number of aromatic nitrogens is 1. The lowest BCUT2D eigenvalue weighted by atomic mass is 9.86. The second-order valence-corrected chi connectivity index (χ2v) is 18.4. The van der Waals surface area contributed by atoms with Crippen molar-refractivity contribution in [2.75, 3.05) is 18.4 Å². The molecule has 0 spiro atoms. The number of benzene rings is 3. The van der Waals surface area contributed by atoms with Gasteiger partial charge in [0, 0.05) is 54.6 Å². The number of aliphatic hydroxyl groups excluding tert-OH is 3. The van der Waals surface area contributed by atoms with Crippen LogP contribution in [-0.4, -0.2) is 120 Å². The van der Waals surface area contributed by atoms with Gasteiger partial charge < -0.3 is 65.0 Å². The summed E-state index contributed by atoms with van der Waals surface area (Å²) >= 11 is 0. The quantitative estimate of drug-likeness (QED) is 0.0519. The highest BCUT2D eigenvalue weighted by Crippen LogP contribution is 2.43. The molecule has 6 atom stereocenters. The molecule has 1 aliphatic carbocycles. The fourth-order valence-corrected chi connectivity index (χ4v) is 9.66. The maximum Gasteiger partial charge on any atom is 0.407 e. The van der Waals surface area contributed by atoms with Crippen molar-refractivity contribution >= 4 is 80.2 Å². The van der Waals surface area contributed by atoms with Gasteiger partial charge in [-0.05, 0) is 96.0 Å². The SMILES string of the molecule is CC[C@@]1(O)C(=O)OCc2c1cc1c3cc4cc(F)c(C)c(C5=CCCC5)c4c(CNC(=O)OCc4ccc(O[C@@H]5O[C@H](C(=O)O)[C@@H](O)[C@H](O)[C@H]5O)c(NC(=O)CCNC(=O)CCN5C(=O)C=CC5=O)c4)c3on1c2=O. The molecular formula is C51H50FN5O18. The fourth-order valence-electron chi connectivity index (χ4n) is 9.66. The van der Waals surface area contributed by atoms with Gasteiger partial charge in [0.05, 0.1) is 23.3 Å². The fraction of sp³-hybridized carbons (Fsp3) is 0.373. The van der Waals surface area contributed by atoms with E-state index in [0.29, 0.717) is 39.3 Å². The number of aliphatic carboxylic acids is 1. The first-order chi connectivity index (χ1) is 35.8. The molecule has 3 aliphatic heterocycles. The van der Waals surface area contributed by atoms with E-state index < -0.39 is 103 Å². The van der Waals surface area contributed by atoms with Gasteiger partial charge in [0.1, 0.15) is 43.1 Å². The molecule has 0 unspecified atom stereocenters. The number of imide groups is 1. The Morgan fingerprint density at radius 2 is 1.71 bits per heavy atom. The van der Waals surface area contributed by atoms with Crippen molar-refractivity contribution in [3.8, 4) is 5.75 Å². The molecule has 8 N–H and O–H groups in total. The van der Waals surface area contributed by atoms with Crippen molar-refractivity contribution in [3.05, 3.63) is 104 Å². The lowest BCUT2D eigenvalue weighted by Gasteiger charge is -2.38. The zero-order chi connectivity index (χ0) is 53.6. The molecule has 1 saturated heterocycles. The summed E-state index contributed by atoms with van der Waals surface area (Å²) in [5, 5.41) is 61.3. The minimum absolute atomic E-state index is 0.000941. The third-order valence-corrected chi connectivity index (χ3v) is 13.7. The molecule has 0 bridgehead atoms. The number of alkyl carbamates (subject to hydrolysis) is 1. The monoisotopic (exact) mass is 1040 g/mol. The lowest BCUT2D eigenvalue weighted by molar-refractivity contribution is -0.271. The molecule has 9 rings (SSSR count). The van der Waals surface area contributed by atoms with E-state index in [1.54, 1.807) is 19.9 Å². The topological polar surface area (TPSA) is 332 Å². The van der Waals surface area contributed by atoms with Crippen molar-refractivity contribution in [1.29, 1.82) is 0 Å². The predicted molar refractivity (Wildman–Crippen MR) is 257 cm³/mol. The van der Waals surface area contributed by atoms with Crippen LogP contribution in [0.5, 0.6) is 5.75 Å². The van der Waals surface area contributed by atoms with Crippen LogP contribution in [-0.2, 0) is 68.3 Å². The molecule has 23 nitrogen and oxygen atoms in total. The van der Waals surface area contributed by atoms with E-state index in [1.165, 1.54) is 30.3 Å². The summed E-state index contributed by atoms with van der Waals surface area (Å²) in [6.45, 7) is 1.62. The third kappa shape index (κ3) is 9.80. The number of nitrogens with zero attached hydrogens (tertiary/aromatic N) is 2. The molecule has 0 radical (unpaired) electrons. The summed E-state index contributed by atoms with van der Waals surface area (Å²) in [5.74, 6) is -5.76. The van der Waals surface area contributed by atoms with Crippen molar-refractivity contribution in [3.63, 3.8) is 0 Å². The number of nitrogens with one attached hydrogen (secondary N) is 3. The van der Waals surface area contributed by atoms with E-state index in [4.69, 9.17) is 23.5 Å². The van der Waals surface area contributed by atoms with E-state index in [-0.39, 0.29) is 78.1 Å². The molecule has 5 aromatic rings. The zero-order valence-electron chi connectivity index (χ0n) is 40.2. The summed E-state index contributed by atoms with van der Waals surface area (Å²) in [6.07, 6.45) is -5.24. The van der Waals surface area contributed by atoms with Crippen molar-refractivity contribution in [2.24, 2.45) is 0 Å². The van der Waals surface area contributed by atoms with Gasteiger partial charge in [-0.2, -0.15) is 0 Å². The van der Waals surface area contributed by atoms with Gasteiger partial charge in [-0.25, -0.2) is 18.8 Å². The number of fused-ring (bicyclic) bond motifs is 5. The molecule has 394 valence electrons. The first-order valence-corrected chi connectivity index (χ1v) is 23.9. The first kappa shape index (κ1) is 51.9. The summed E-state index contributed by atoms with van der Waals surface area (Å²) in [4.78, 5) is 103. The number of halogens is 1. The van der Waals surface area contributed by atoms with Crippen LogP contribution in [0.3, 0.4) is 0 Å². The maximum atomic E-state index is 15.9. The van der Waals surface area contributed by atoms with Crippen molar-refractivity contribution in [1.82, 2.24) is 20.1 Å². The predicted octanol–water partition coefficient (Wildman–Crippen LogP) is 2.33. The molecule has 1 fully saturated rings. The molecule has 75 heavy (non-hydrogen) atoms. The normalized spacial score (nSPS) is 22.3. The molecule has 24 heteroatoms. The minimum Gasteiger partial charge on any atom is -0.479 e. The van der Waals surface area contributed by atoms with Crippen LogP contribution in [0.2, 0.25) is 0 Å². The molecule has 5 amide bonds. The Morgan fingerprint density at radius 1 is 0.947 bits per heavy atom. The van der Waals surface area contributed by atoms with Gasteiger partial charge in [-0.1, -0.05) is 19.1 Å². The second-order valence-electron chi connectivity index (χ2n) is 18.4. The summed E-state index contributed by atoms with van der Waals surface area (Å²) in [6, 6.07) is 8.40. The number of carbonyl (C=O) groups is 7. The van der Waals surface area contributed by atoms with Gasteiger partial charge >= 0.3 is 18.0 Å². The number of hydrogen-bond acceptors (Lipinski definition) is 17. The van der Waals surface area contributed by atoms with Crippen LogP contribution in [0.4, 0.5) is 14.9 Å². The standard InChI is InChI=1S/C51H50FN5O18/c1-3-51(70)30-19-33-27-17-26-18-31(52)23(2)39(25-6-4-5-7-25)40(26)28(44(27)75-57(33)46(65)29(30)22-71-49(51)68)20-54-50(69)72-21-24-8-9-34(73-48-43(64)41(62)42(63)45(74-48)47(66)67)32(16-24)55-36(59)12-14-53-35(58)13-15-56-37(60)10-11-38(56)61/h6,8-11,16-19,41-43,45,48,62-64,70H,3-5,7,12-15,20-22H2,1-2H3,(H,53,58)(H,54,69)(H,55,59)(H,66,67)/t41-,42-,43+,45-,48+,51-/m0/s1. The van der Waals surface area contributed by atoms with E-state index >= 15 is 4.39 Å². The van der Waals surface area contributed by atoms with Gasteiger partial charge in [0.25, 0.3) is 17.4 Å². The Bertz CT molecular complexity index is 3350. The lowest BCUT2D eigenvalue weighted by Crippen LogP contribution is -2.61. The Balaban J connectivity index is 0.976. The number of cyclic esters (lactones) is 1. The highest BCUT2D eigenvalue weighted by atomic mass is 19.1. The third-order valence-electron chi connectivity index (χ3n) is 13.7. The Labute approximate surface area is 423 Å². The van der Waals surface area contributed by atoms with Crippen LogP contribution < -0.4 is 26.2 Å². The Kier molecular flexibility index (Phi) is 14.3. The molecule has 2 aromatic heterocycles. The zero-order valence-corrected chi connectivity index (χ0v) is 40.2. The van der Waals surface area contributed by atoms with Crippen LogP contribution >= 0.6 is 0 Å². The van der Waals surface area contributed by atoms with Gasteiger partial charge in [0.15, 0.2) is 17.3 Å². The number of esters is 1. The largest absolute Gasteiger partial charge is 0.479 e. The average molecular weight is 1040 g/mol. The maximum absolute atomic E-state index is 15.9. The van der Waals surface area contributed by atoms with Crippen molar-refractivity contribution < 1.29 is 87.0 Å². The molecule has 0 saturated carbocycles. The van der Waals surface area contributed by atoms with Crippen LogP contribution in [0, 0.1) is 12.7 Å². The number of allylic oxidation sites excluding steroid dienone is 2. The smallest absolute Gasteiger partial charge is 0.407 e. The van der Waals surface area contributed by atoms with Crippen molar-refractivity contribution in [2.45, 2.75) is 108 Å². The van der Waals surface area contributed by atoms with Crippen LogP contribution in [0.15, 0.2) is 63.9 Å². The van der Waals surface area contributed by atoms with E-state index in [1.807, 2.05) is 6.08 Å². The summed E-state index contributed by atoms with van der Waals surface area (Å²) in [7, 11) is 0. The van der Waals surface area contributed by atoms with Gasteiger partial charge in [-0.15, -0.1) is 4.57 Å².